The molecule has 0 fully saturated rings. The van der Waals surface area contributed by atoms with E-state index in [2.05, 4.69) is 15.6 Å². The molecule has 10 heteroatoms. The number of carbonyl (C=O) groups excluding carboxylic acids is 2. The van der Waals surface area contributed by atoms with Crippen molar-refractivity contribution in [3.63, 3.8) is 0 Å². The Balaban J connectivity index is 1.81. The second-order valence-electron chi connectivity index (χ2n) is 7.28. The van der Waals surface area contributed by atoms with Gasteiger partial charge in [0.15, 0.2) is 0 Å². The van der Waals surface area contributed by atoms with Crippen LogP contribution in [-0.2, 0) is 11.3 Å². The van der Waals surface area contributed by atoms with Gasteiger partial charge in [-0.1, -0.05) is 30.3 Å². The molecule has 3 rings (SSSR count). The summed E-state index contributed by atoms with van der Waals surface area (Å²) in [7, 11) is 1.54. The molecule has 10 nitrogen and oxygen atoms in total. The third kappa shape index (κ3) is 5.48. The Kier molecular flexibility index (Phi) is 7.29. The van der Waals surface area contributed by atoms with Gasteiger partial charge in [-0.25, -0.2) is 4.79 Å². The van der Waals surface area contributed by atoms with Crippen LogP contribution in [0.4, 0.5) is 17.2 Å². The van der Waals surface area contributed by atoms with E-state index in [1.165, 1.54) is 16.5 Å². The zero-order valence-electron chi connectivity index (χ0n) is 18.4. The molecule has 2 amide bonds. The fourth-order valence-electron chi connectivity index (χ4n) is 3.38. The summed E-state index contributed by atoms with van der Waals surface area (Å²) < 4.78 is 1.27. The number of likely N-dealkylation sites (N-methyl/N-ethyl adjacent to an activating group) is 1. The van der Waals surface area contributed by atoms with Crippen LogP contribution in [0.5, 0.6) is 0 Å². The van der Waals surface area contributed by atoms with Gasteiger partial charge in [-0.15, -0.1) is 0 Å². The van der Waals surface area contributed by atoms with Crippen LogP contribution in [0.1, 0.15) is 22.8 Å². The van der Waals surface area contributed by atoms with Gasteiger partial charge >= 0.3 is 5.69 Å². The van der Waals surface area contributed by atoms with Crippen molar-refractivity contribution >= 4 is 29.0 Å². The van der Waals surface area contributed by atoms with Gasteiger partial charge in [0.1, 0.15) is 11.5 Å². The predicted molar refractivity (Wildman–Crippen MR) is 128 cm³/mol. The molecule has 2 aromatic carbocycles. The lowest BCUT2D eigenvalue weighted by molar-refractivity contribution is -0.115. The molecule has 0 aliphatic carbocycles. The van der Waals surface area contributed by atoms with Crippen LogP contribution in [0.3, 0.4) is 0 Å². The molecule has 0 radical (unpaired) electrons. The molecule has 0 atom stereocenters. The first kappa shape index (κ1) is 23.3. The molecular formula is C23H26N6O4. The van der Waals surface area contributed by atoms with E-state index in [0.717, 1.165) is 5.56 Å². The van der Waals surface area contributed by atoms with Gasteiger partial charge in [0.25, 0.3) is 11.5 Å². The van der Waals surface area contributed by atoms with Crippen molar-refractivity contribution in [3.05, 3.63) is 86.6 Å². The van der Waals surface area contributed by atoms with Gasteiger partial charge in [0, 0.05) is 24.8 Å². The van der Waals surface area contributed by atoms with Crippen molar-refractivity contribution in [2.75, 3.05) is 36.1 Å². The molecule has 1 heterocycles. The molecule has 172 valence electrons. The van der Waals surface area contributed by atoms with Gasteiger partial charge in [-0.05, 0) is 36.8 Å². The van der Waals surface area contributed by atoms with E-state index < -0.39 is 11.2 Å². The summed E-state index contributed by atoms with van der Waals surface area (Å²) in [5.74, 6) is -0.633. The Morgan fingerprint density at radius 1 is 1.06 bits per heavy atom. The number of aromatic nitrogens is 2. The summed E-state index contributed by atoms with van der Waals surface area (Å²) in [6.45, 7) is 2.10. The van der Waals surface area contributed by atoms with E-state index in [4.69, 9.17) is 5.73 Å². The Morgan fingerprint density at radius 3 is 2.33 bits per heavy atom. The lowest BCUT2D eigenvalue weighted by atomic mass is 10.2. The van der Waals surface area contributed by atoms with E-state index in [1.807, 2.05) is 30.3 Å². The number of hydrogen-bond acceptors (Lipinski definition) is 6. The Hall–Kier alpha value is -4.34. The summed E-state index contributed by atoms with van der Waals surface area (Å²) in [5, 5.41) is 5.26. The standard InChI is InChI=1S/C23H26N6O4/c1-3-28(14-18(30)26-17-11-9-16(10-12-17)21(31)25-2)19-20(24)29(23(33)27-22(19)32)13-15-7-5-4-6-8-15/h4-12H,3,13-14,24H2,1-2H3,(H,25,31)(H,26,30)(H,27,32,33). The molecule has 0 aliphatic heterocycles. The van der Waals surface area contributed by atoms with E-state index >= 15 is 0 Å². The fourth-order valence-corrected chi connectivity index (χ4v) is 3.38. The molecule has 5 N–H and O–H groups in total. The first-order valence-corrected chi connectivity index (χ1v) is 10.4. The first-order valence-electron chi connectivity index (χ1n) is 10.4. The van der Waals surface area contributed by atoms with E-state index in [9.17, 15) is 19.2 Å². The van der Waals surface area contributed by atoms with Crippen molar-refractivity contribution in [1.29, 1.82) is 0 Å². The molecular weight excluding hydrogens is 424 g/mol. The molecule has 0 unspecified atom stereocenters. The average molecular weight is 450 g/mol. The number of nitrogens with two attached hydrogens (primary N) is 1. The minimum atomic E-state index is -0.661. The maximum atomic E-state index is 12.6. The van der Waals surface area contributed by atoms with Gasteiger partial charge in [0.2, 0.25) is 5.91 Å². The fraction of sp³-hybridized carbons (Fsp3) is 0.217. The van der Waals surface area contributed by atoms with E-state index in [1.54, 1.807) is 31.2 Å². The quantitative estimate of drug-likeness (QED) is 0.403. The largest absolute Gasteiger partial charge is 0.383 e. The zero-order valence-corrected chi connectivity index (χ0v) is 18.4. The molecule has 0 bridgehead atoms. The van der Waals surface area contributed by atoms with Gasteiger partial charge in [-0.2, -0.15) is 0 Å². The van der Waals surface area contributed by atoms with Crippen LogP contribution >= 0.6 is 0 Å². The monoisotopic (exact) mass is 450 g/mol. The number of nitrogen functional groups attached to an aromatic ring is 1. The number of benzene rings is 2. The second kappa shape index (κ2) is 10.3. The van der Waals surface area contributed by atoms with Crippen molar-refractivity contribution < 1.29 is 9.59 Å². The van der Waals surface area contributed by atoms with E-state index in [0.29, 0.717) is 17.8 Å². The highest BCUT2D eigenvalue weighted by Crippen LogP contribution is 2.18. The number of H-pyrrole nitrogens is 1. The lowest BCUT2D eigenvalue weighted by Crippen LogP contribution is -2.41. The number of anilines is 3. The SMILES string of the molecule is CCN(CC(=O)Nc1ccc(C(=O)NC)cc1)c1c(N)n(Cc2ccccc2)c(=O)[nH]c1=O. The van der Waals surface area contributed by atoms with Crippen LogP contribution in [0.25, 0.3) is 0 Å². The normalized spacial score (nSPS) is 10.5. The number of aromatic amines is 1. The smallest absolute Gasteiger partial charge is 0.330 e. The van der Waals surface area contributed by atoms with Gasteiger partial charge < -0.3 is 21.3 Å². The third-order valence-electron chi connectivity index (χ3n) is 5.09. The highest BCUT2D eigenvalue weighted by atomic mass is 16.2. The maximum absolute atomic E-state index is 12.6. The Labute approximate surface area is 190 Å². The number of rotatable bonds is 8. The Bertz CT molecular complexity index is 1250. The number of nitrogens with one attached hydrogen (secondary N) is 3. The summed E-state index contributed by atoms with van der Waals surface area (Å²) in [6, 6.07) is 15.6. The molecule has 1 aromatic heterocycles. The summed E-state index contributed by atoms with van der Waals surface area (Å²) in [4.78, 5) is 53.0. The van der Waals surface area contributed by atoms with Crippen LogP contribution in [0, 0.1) is 0 Å². The number of hydrogen-bond donors (Lipinski definition) is 4. The van der Waals surface area contributed by atoms with Crippen LogP contribution in [0.15, 0.2) is 64.2 Å². The van der Waals surface area contributed by atoms with Crippen LogP contribution < -0.4 is 32.5 Å². The minimum Gasteiger partial charge on any atom is -0.383 e. The highest BCUT2D eigenvalue weighted by Gasteiger charge is 2.20. The number of amides is 2. The summed E-state index contributed by atoms with van der Waals surface area (Å²) >= 11 is 0. The number of carbonyl (C=O) groups is 2. The third-order valence-corrected chi connectivity index (χ3v) is 5.09. The van der Waals surface area contributed by atoms with Crippen molar-refractivity contribution in [3.8, 4) is 0 Å². The minimum absolute atomic E-state index is 0.0165. The topological polar surface area (TPSA) is 142 Å². The van der Waals surface area contributed by atoms with Crippen LogP contribution in [-0.4, -0.2) is 41.5 Å². The average Bonchev–Trinajstić information content (AvgIpc) is 2.81. The summed E-state index contributed by atoms with van der Waals surface area (Å²) in [6.07, 6.45) is 0. The Morgan fingerprint density at radius 2 is 1.73 bits per heavy atom. The van der Waals surface area contributed by atoms with Crippen molar-refractivity contribution in [2.45, 2.75) is 13.5 Å². The molecule has 0 aliphatic rings. The molecule has 0 saturated heterocycles. The van der Waals surface area contributed by atoms with Gasteiger partial charge in [-0.3, -0.25) is 23.9 Å². The van der Waals surface area contributed by atoms with Crippen molar-refractivity contribution in [2.24, 2.45) is 0 Å². The molecule has 0 saturated carbocycles. The zero-order chi connectivity index (χ0) is 24.0. The van der Waals surface area contributed by atoms with Crippen molar-refractivity contribution in [1.82, 2.24) is 14.9 Å². The predicted octanol–water partition coefficient (Wildman–Crippen LogP) is 0.992. The molecule has 3 aromatic rings. The maximum Gasteiger partial charge on any atom is 0.330 e. The van der Waals surface area contributed by atoms with Gasteiger partial charge in [0.05, 0.1) is 13.1 Å². The van der Waals surface area contributed by atoms with Crippen LogP contribution in [0.2, 0.25) is 0 Å². The molecule has 33 heavy (non-hydrogen) atoms. The first-order chi connectivity index (χ1) is 15.8. The molecule has 0 spiro atoms. The summed E-state index contributed by atoms with van der Waals surface area (Å²) in [5.41, 5.74) is 6.80. The highest BCUT2D eigenvalue weighted by molar-refractivity contribution is 5.96. The number of nitrogens with zero attached hydrogens (tertiary/aromatic N) is 2. The second-order valence-corrected chi connectivity index (χ2v) is 7.28. The van der Waals surface area contributed by atoms with E-state index in [-0.39, 0.29) is 36.4 Å². The lowest BCUT2D eigenvalue weighted by Gasteiger charge is -2.24.